The number of hydrogen-bond acceptors (Lipinski definition) is 5. The lowest BCUT2D eigenvalue weighted by atomic mass is 10.1. The molecule has 3 aromatic carbocycles. The Bertz CT molecular complexity index is 1060. The Labute approximate surface area is 182 Å². The van der Waals surface area contributed by atoms with Crippen LogP contribution >= 0.6 is 0 Å². The molecule has 1 N–H and O–H groups in total. The van der Waals surface area contributed by atoms with Crippen LogP contribution in [0.2, 0.25) is 0 Å². The number of ether oxygens (including phenoxy) is 2. The molecular formula is C25H25N3O3. The molecule has 0 bridgehead atoms. The zero-order valence-electron chi connectivity index (χ0n) is 17.3. The molecule has 158 valence electrons. The van der Waals surface area contributed by atoms with E-state index in [1.54, 1.807) is 0 Å². The van der Waals surface area contributed by atoms with Gasteiger partial charge in [-0.05, 0) is 42.0 Å². The van der Waals surface area contributed by atoms with Gasteiger partial charge in [-0.1, -0.05) is 36.4 Å². The Morgan fingerprint density at radius 3 is 2.42 bits per heavy atom. The Kier molecular flexibility index (Phi) is 5.46. The number of amides is 1. The van der Waals surface area contributed by atoms with Gasteiger partial charge in [-0.3, -0.25) is 9.69 Å². The zero-order chi connectivity index (χ0) is 21.0. The molecule has 0 aliphatic carbocycles. The molecule has 0 aromatic heterocycles. The second kappa shape index (κ2) is 8.70. The molecule has 0 saturated carbocycles. The van der Waals surface area contributed by atoms with Gasteiger partial charge in [0.2, 0.25) is 6.79 Å². The van der Waals surface area contributed by atoms with Crippen LogP contribution in [-0.4, -0.2) is 48.7 Å². The summed E-state index contributed by atoms with van der Waals surface area (Å²) in [7, 11) is 0. The molecule has 6 heteroatoms. The summed E-state index contributed by atoms with van der Waals surface area (Å²) in [5, 5.41) is 3.37. The van der Waals surface area contributed by atoms with E-state index in [2.05, 4.69) is 16.3 Å². The molecule has 0 radical (unpaired) electrons. The third-order valence-corrected chi connectivity index (χ3v) is 5.71. The molecule has 3 aromatic rings. The summed E-state index contributed by atoms with van der Waals surface area (Å²) in [5.74, 6) is 1.69. The lowest BCUT2D eigenvalue weighted by molar-refractivity contribution is 0.0629. The van der Waals surface area contributed by atoms with E-state index in [1.807, 2.05) is 71.6 Å². The summed E-state index contributed by atoms with van der Waals surface area (Å²) in [6, 6.07) is 23.7. The summed E-state index contributed by atoms with van der Waals surface area (Å²) >= 11 is 0. The van der Waals surface area contributed by atoms with Crippen LogP contribution in [0.25, 0.3) is 0 Å². The van der Waals surface area contributed by atoms with E-state index in [0.717, 1.165) is 42.5 Å². The predicted molar refractivity (Wildman–Crippen MR) is 120 cm³/mol. The maximum atomic E-state index is 13.2. The van der Waals surface area contributed by atoms with E-state index in [4.69, 9.17) is 9.47 Å². The molecular weight excluding hydrogens is 390 g/mol. The van der Waals surface area contributed by atoms with Gasteiger partial charge in [0.25, 0.3) is 5.91 Å². The lowest BCUT2D eigenvalue weighted by Gasteiger charge is -2.35. The highest BCUT2D eigenvalue weighted by atomic mass is 16.7. The van der Waals surface area contributed by atoms with Crippen molar-refractivity contribution < 1.29 is 14.3 Å². The molecule has 31 heavy (non-hydrogen) atoms. The van der Waals surface area contributed by atoms with Crippen molar-refractivity contribution in [1.29, 1.82) is 0 Å². The fourth-order valence-electron chi connectivity index (χ4n) is 4.03. The van der Waals surface area contributed by atoms with Crippen LogP contribution in [0.4, 0.5) is 11.4 Å². The molecule has 1 fully saturated rings. The quantitative estimate of drug-likeness (QED) is 0.680. The standard InChI is InChI=1S/C25H25N3O3/c29-25(21-8-4-5-9-22(21)26-20-6-2-1-3-7-20)28-14-12-27(13-15-28)17-19-10-11-23-24(16-19)31-18-30-23/h1-11,16,26H,12-15,17-18H2. The van der Waals surface area contributed by atoms with Crippen LogP contribution in [0.3, 0.4) is 0 Å². The Balaban J connectivity index is 1.21. The molecule has 1 amide bonds. The van der Waals surface area contributed by atoms with Crippen molar-refractivity contribution in [2.24, 2.45) is 0 Å². The largest absolute Gasteiger partial charge is 0.454 e. The number of carbonyl (C=O) groups is 1. The maximum Gasteiger partial charge on any atom is 0.256 e. The number of carbonyl (C=O) groups excluding carboxylic acids is 1. The van der Waals surface area contributed by atoms with E-state index in [9.17, 15) is 4.79 Å². The van der Waals surface area contributed by atoms with Crippen LogP contribution in [0.5, 0.6) is 11.5 Å². The summed E-state index contributed by atoms with van der Waals surface area (Å²) in [4.78, 5) is 17.6. The Morgan fingerprint density at radius 2 is 1.58 bits per heavy atom. The van der Waals surface area contributed by atoms with Crippen LogP contribution in [0.15, 0.2) is 72.8 Å². The maximum absolute atomic E-state index is 13.2. The highest BCUT2D eigenvalue weighted by Gasteiger charge is 2.24. The monoisotopic (exact) mass is 415 g/mol. The SMILES string of the molecule is O=C(c1ccccc1Nc1ccccc1)N1CCN(Cc2ccc3c(c2)OCO3)CC1. The first-order valence-electron chi connectivity index (χ1n) is 10.6. The zero-order valence-corrected chi connectivity index (χ0v) is 17.3. The van der Waals surface area contributed by atoms with Crippen molar-refractivity contribution in [3.05, 3.63) is 83.9 Å². The van der Waals surface area contributed by atoms with Crippen molar-refractivity contribution in [1.82, 2.24) is 9.80 Å². The van der Waals surface area contributed by atoms with Crippen molar-refractivity contribution >= 4 is 17.3 Å². The minimum absolute atomic E-state index is 0.0711. The number of nitrogens with zero attached hydrogens (tertiary/aromatic N) is 2. The third kappa shape index (κ3) is 4.34. The third-order valence-electron chi connectivity index (χ3n) is 5.71. The number of anilines is 2. The first-order chi connectivity index (χ1) is 15.3. The van der Waals surface area contributed by atoms with Crippen LogP contribution in [0, 0.1) is 0 Å². The van der Waals surface area contributed by atoms with Crippen LogP contribution < -0.4 is 14.8 Å². The van der Waals surface area contributed by atoms with Crippen molar-refractivity contribution in [3.8, 4) is 11.5 Å². The second-order valence-electron chi connectivity index (χ2n) is 7.79. The Morgan fingerprint density at radius 1 is 0.839 bits per heavy atom. The number of benzene rings is 3. The molecule has 2 aliphatic heterocycles. The first kappa shape index (κ1) is 19.5. The lowest BCUT2D eigenvalue weighted by Crippen LogP contribution is -2.48. The highest BCUT2D eigenvalue weighted by Crippen LogP contribution is 2.33. The average Bonchev–Trinajstić information content (AvgIpc) is 3.28. The van der Waals surface area contributed by atoms with Gasteiger partial charge in [-0.15, -0.1) is 0 Å². The highest BCUT2D eigenvalue weighted by molar-refractivity contribution is 6.00. The molecule has 6 nitrogen and oxygen atoms in total. The topological polar surface area (TPSA) is 54.0 Å². The minimum atomic E-state index is 0.0711. The molecule has 5 rings (SSSR count). The number of hydrogen-bond donors (Lipinski definition) is 1. The van der Waals surface area contributed by atoms with Gasteiger partial charge in [0.1, 0.15) is 0 Å². The fraction of sp³-hybridized carbons (Fsp3) is 0.240. The van der Waals surface area contributed by atoms with Crippen molar-refractivity contribution in [2.45, 2.75) is 6.54 Å². The molecule has 0 spiro atoms. The van der Waals surface area contributed by atoms with Crippen molar-refractivity contribution in [2.75, 3.05) is 38.3 Å². The Hall–Kier alpha value is -3.51. The summed E-state index contributed by atoms with van der Waals surface area (Å²) in [6.07, 6.45) is 0. The molecule has 2 heterocycles. The van der Waals surface area contributed by atoms with Crippen LogP contribution in [-0.2, 0) is 6.54 Å². The molecule has 0 atom stereocenters. The number of piperazine rings is 1. The van der Waals surface area contributed by atoms with E-state index in [1.165, 1.54) is 5.56 Å². The summed E-state index contributed by atoms with van der Waals surface area (Å²) in [6.45, 7) is 4.24. The van der Waals surface area contributed by atoms with E-state index < -0.39 is 0 Å². The van der Waals surface area contributed by atoms with Gasteiger partial charge in [0.15, 0.2) is 11.5 Å². The summed E-state index contributed by atoms with van der Waals surface area (Å²) < 4.78 is 10.9. The van der Waals surface area contributed by atoms with Gasteiger partial charge >= 0.3 is 0 Å². The van der Waals surface area contributed by atoms with E-state index in [-0.39, 0.29) is 5.91 Å². The minimum Gasteiger partial charge on any atom is -0.454 e. The molecule has 2 aliphatic rings. The molecule has 1 saturated heterocycles. The van der Waals surface area contributed by atoms with Gasteiger partial charge < -0.3 is 19.7 Å². The van der Waals surface area contributed by atoms with Gasteiger partial charge in [0, 0.05) is 38.4 Å². The van der Waals surface area contributed by atoms with E-state index >= 15 is 0 Å². The predicted octanol–water partition coefficient (Wildman–Crippen LogP) is 4.12. The average molecular weight is 415 g/mol. The molecule has 0 unspecified atom stereocenters. The smallest absolute Gasteiger partial charge is 0.256 e. The van der Waals surface area contributed by atoms with Crippen molar-refractivity contribution in [3.63, 3.8) is 0 Å². The first-order valence-corrected chi connectivity index (χ1v) is 10.6. The van der Waals surface area contributed by atoms with Crippen LogP contribution in [0.1, 0.15) is 15.9 Å². The van der Waals surface area contributed by atoms with Gasteiger partial charge in [0.05, 0.1) is 11.3 Å². The van der Waals surface area contributed by atoms with Gasteiger partial charge in [-0.25, -0.2) is 0 Å². The number of para-hydroxylation sites is 2. The number of nitrogens with one attached hydrogen (secondary N) is 1. The van der Waals surface area contributed by atoms with E-state index in [0.29, 0.717) is 25.4 Å². The van der Waals surface area contributed by atoms with Gasteiger partial charge in [-0.2, -0.15) is 0 Å². The number of fused-ring (bicyclic) bond motifs is 1. The summed E-state index contributed by atoms with van der Waals surface area (Å²) in [5.41, 5.74) is 3.70. The fourth-order valence-corrected chi connectivity index (χ4v) is 4.03. The second-order valence-corrected chi connectivity index (χ2v) is 7.79. The normalized spacial score (nSPS) is 15.7. The number of rotatable bonds is 5.